The molecule has 2 heterocycles. The topological polar surface area (TPSA) is 76.2 Å². The smallest absolute Gasteiger partial charge is 0.291 e. The third-order valence-corrected chi connectivity index (χ3v) is 5.77. The molecule has 150 valence electrons. The van der Waals surface area contributed by atoms with Crippen LogP contribution in [0.5, 0.6) is 5.75 Å². The molecule has 1 fully saturated rings. The zero-order valence-electron chi connectivity index (χ0n) is 15.8. The Morgan fingerprint density at radius 1 is 1.03 bits per heavy atom. The molecule has 29 heavy (non-hydrogen) atoms. The van der Waals surface area contributed by atoms with E-state index in [-0.39, 0.29) is 36.7 Å². The van der Waals surface area contributed by atoms with Gasteiger partial charge in [0.25, 0.3) is 17.1 Å². The summed E-state index contributed by atoms with van der Waals surface area (Å²) in [6.45, 7) is 2.38. The van der Waals surface area contributed by atoms with E-state index in [2.05, 4.69) is 0 Å². The third-order valence-electron chi connectivity index (χ3n) is 4.80. The van der Waals surface area contributed by atoms with Gasteiger partial charge in [0, 0.05) is 6.54 Å². The number of thioether (sulfide) groups is 1. The van der Waals surface area contributed by atoms with Crippen molar-refractivity contribution in [3.8, 4) is 5.75 Å². The fraction of sp³-hybridized carbons (Fsp3) is 0.286. The lowest BCUT2D eigenvalue weighted by atomic mass is 10.1. The largest absolute Gasteiger partial charge is 0.470 e. The molecule has 0 aliphatic carbocycles. The first kappa shape index (κ1) is 19.5. The number of hydrogen-bond donors (Lipinski definition) is 0. The Hall–Kier alpha value is -2.84. The van der Waals surface area contributed by atoms with Gasteiger partial charge in [-0.05, 0) is 36.4 Å². The lowest BCUT2D eigenvalue weighted by Crippen LogP contribution is -2.47. The van der Waals surface area contributed by atoms with Gasteiger partial charge in [0.1, 0.15) is 5.75 Å². The van der Waals surface area contributed by atoms with Gasteiger partial charge in [0.2, 0.25) is 0 Å². The highest BCUT2D eigenvalue weighted by atomic mass is 32.2. The van der Waals surface area contributed by atoms with E-state index in [9.17, 15) is 14.4 Å². The van der Waals surface area contributed by atoms with Crippen LogP contribution in [-0.2, 0) is 16.1 Å². The molecule has 3 amide bonds. The molecule has 0 bridgehead atoms. The average molecular weight is 412 g/mol. The summed E-state index contributed by atoms with van der Waals surface area (Å²) in [6, 6.07) is 16.4. The van der Waals surface area contributed by atoms with E-state index >= 15 is 0 Å². The van der Waals surface area contributed by atoms with Gasteiger partial charge in [-0.25, -0.2) is 0 Å². The van der Waals surface area contributed by atoms with E-state index in [1.165, 1.54) is 4.90 Å². The van der Waals surface area contributed by atoms with Crippen LogP contribution in [0.25, 0.3) is 0 Å². The number of nitrogens with zero attached hydrogens (tertiary/aromatic N) is 2. The Bertz CT molecular complexity index is 936. The molecule has 2 atom stereocenters. The Balaban J connectivity index is 1.33. The number of para-hydroxylation sites is 1. The van der Waals surface area contributed by atoms with Gasteiger partial charge in [-0.2, -0.15) is 0 Å². The summed E-state index contributed by atoms with van der Waals surface area (Å²) >= 11 is 0.858. The van der Waals surface area contributed by atoms with Crippen molar-refractivity contribution in [2.45, 2.75) is 25.1 Å². The first-order valence-electron chi connectivity index (χ1n) is 9.29. The van der Waals surface area contributed by atoms with Crippen molar-refractivity contribution < 1.29 is 23.9 Å². The number of amides is 3. The van der Waals surface area contributed by atoms with Gasteiger partial charge < -0.3 is 14.4 Å². The number of hydrogen-bond acceptors (Lipinski definition) is 6. The number of fused-ring (bicyclic) bond motifs is 1. The highest BCUT2D eigenvalue weighted by Crippen LogP contribution is 2.30. The SMILES string of the molecule is CC1Oc2ccccc2C(=O)N1CCOC1SC(=O)N(Cc2ccccc2)C1=O. The Kier molecular flexibility index (Phi) is 5.55. The second kappa shape index (κ2) is 8.26. The summed E-state index contributed by atoms with van der Waals surface area (Å²) in [5.74, 6) is 0.0458. The van der Waals surface area contributed by atoms with Crippen molar-refractivity contribution in [2.24, 2.45) is 0 Å². The van der Waals surface area contributed by atoms with Crippen LogP contribution in [0.3, 0.4) is 0 Å². The monoisotopic (exact) mass is 412 g/mol. The van der Waals surface area contributed by atoms with Crippen molar-refractivity contribution in [1.29, 1.82) is 0 Å². The molecule has 2 aromatic carbocycles. The van der Waals surface area contributed by atoms with E-state index in [0.717, 1.165) is 17.3 Å². The molecule has 2 unspecified atom stereocenters. The Morgan fingerprint density at radius 3 is 2.55 bits per heavy atom. The maximum Gasteiger partial charge on any atom is 0.291 e. The van der Waals surface area contributed by atoms with Crippen LogP contribution < -0.4 is 4.74 Å². The predicted octanol–water partition coefficient (Wildman–Crippen LogP) is 3.11. The summed E-state index contributed by atoms with van der Waals surface area (Å²) in [6.07, 6.45) is -0.441. The molecule has 2 aromatic rings. The first-order valence-corrected chi connectivity index (χ1v) is 10.2. The number of ether oxygens (including phenoxy) is 2. The van der Waals surface area contributed by atoms with Gasteiger partial charge in [-0.1, -0.05) is 42.5 Å². The maximum atomic E-state index is 12.7. The number of carbonyl (C=O) groups excluding carboxylic acids is 3. The predicted molar refractivity (Wildman–Crippen MR) is 107 cm³/mol. The normalized spacial score (nSPS) is 21.3. The minimum Gasteiger partial charge on any atom is -0.470 e. The molecular weight excluding hydrogens is 392 g/mol. The standard InChI is InChI=1S/C21H20N2O5S/c1-14-22(18(24)16-9-5-6-10-17(16)28-14)11-12-27-20-19(25)23(21(26)29-20)13-15-7-3-2-4-8-15/h2-10,14,20H,11-13H2,1H3. The van der Waals surface area contributed by atoms with E-state index < -0.39 is 11.7 Å². The van der Waals surface area contributed by atoms with Crippen molar-refractivity contribution in [3.05, 3.63) is 65.7 Å². The van der Waals surface area contributed by atoms with Gasteiger partial charge in [0.15, 0.2) is 11.7 Å². The molecule has 8 heteroatoms. The van der Waals surface area contributed by atoms with Gasteiger partial charge in [0.05, 0.1) is 18.7 Å². The molecule has 0 N–H and O–H groups in total. The zero-order valence-corrected chi connectivity index (χ0v) is 16.6. The summed E-state index contributed by atoms with van der Waals surface area (Å²) in [5, 5.41) is -0.330. The number of benzene rings is 2. The van der Waals surface area contributed by atoms with E-state index in [4.69, 9.17) is 9.47 Å². The van der Waals surface area contributed by atoms with Crippen LogP contribution in [0.2, 0.25) is 0 Å². The molecule has 0 saturated carbocycles. The molecule has 1 saturated heterocycles. The van der Waals surface area contributed by atoms with Crippen LogP contribution in [0.4, 0.5) is 4.79 Å². The summed E-state index contributed by atoms with van der Waals surface area (Å²) in [4.78, 5) is 40.2. The molecule has 7 nitrogen and oxygen atoms in total. The van der Waals surface area contributed by atoms with Gasteiger partial charge in [-0.15, -0.1) is 0 Å². The average Bonchev–Trinajstić information content (AvgIpc) is 2.99. The molecule has 4 rings (SSSR count). The second-order valence-electron chi connectivity index (χ2n) is 6.71. The van der Waals surface area contributed by atoms with Gasteiger partial charge in [-0.3, -0.25) is 19.3 Å². The highest BCUT2D eigenvalue weighted by Gasteiger charge is 2.40. The maximum absolute atomic E-state index is 12.7. The lowest BCUT2D eigenvalue weighted by molar-refractivity contribution is -0.134. The van der Waals surface area contributed by atoms with Crippen LogP contribution >= 0.6 is 11.8 Å². The quantitative estimate of drug-likeness (QED) is 0.726. The molecule has 0 radical (unpaired) electrons. The summed E-state index contributed by atoms with van der Waals surface area (Å²) in [7, 11) is 0. The van der Waals surface area contributed by atoms with Crippen LogP contribution in [-0.4, -0.2) is 51.7 Å². The van der Waals surface area contributed by atoms with Crippen molar-refractivity contribution in [3.63, 3.8) is 0 Å². The molecule has 2 aliphatic rings. The van der Waals surface area contributed by atoms with Crippen molar-refractivity contribution >= 4 is 28.8 Å². The molecule has 0 aromatic heterocycles. The van der Waals surface area contributed by atoms with Crippen molar-refractivity contribution in [2.75, 3.05) is 13.2 Å². The fourth-order valence-corrected chi connectivity index (χ4v) is 4.15. The van der Waals surface area contributed by atoms with Gasteiger partial charge >= 0.3 is 0 Å². The summed E-state index contributed by atoms with van der Waals surface area (Å²) in [5.41, 5.74) is 0.481. The molecule has 0 spiro atoms. The van der Waals surface area contributed by atoms with Crippen LogP contribution in [0, 0.1) is 0 Å². The Labute approximate surface area is 172 Å². The number of imide groups is 1. The summed E-state index contributed by atoms with van der Waals surface area (Å²) < 4.78 is 11.4. The lowest BCUT2D eigenvalue weighted by Gasteiger charge is -2.34. The molecular formula is C21H20N2O5S. The number of carbonyl (C=O) groups is 3. The highest BCUT2D eigenvalue weighted by molar-refractivity contribution is 8.15. The zero-order chi connectivity index (χ0) is 20.4. The minimum absolute atomic E-state index is 0.122. The third kappa shape index (κ3) is 3.99. The van der Waals surface area contributed by atoms with E-state index in [1.807, 2.05) is 36.4 Å². The second-order valence-corrected chi connectivity index (χ2v) is 7.72. The molecule has 2 aliphatic heterocycles. The first-order chi connectivity index (χ1) is 14.0. The van der Waals surface area contributed by atoms with Crippen LogP contribution in [0.1, 0.15) is 22.8 Å². The van der Waals surface area contributed by atoms with Crippen molar-refractivity contribution in [1.82, 2.24) is 9.80 Å². The number of rotatable bonds is 6. The van der Waals surface area contributed by atoms with E-state index in [0.29, 0.717) is 11.3 Å². The van der Waals surface area contributed by atoms with E-state index in [1.54, 1.807) is 30.0 Å². The minimum atomic E-state index is -0.894. The van der Waals surface area contributed by atoms with Crippen LogP contribution in [0.15, 0.2) is 54.6 Å². The fourth-order valence-electron chi connectivity index (χ4n) is 3.29. The Morgan fingerprint density at radius 2 is 1.76 bits per heavy atom.